The van der Waals surface area contributed by atoms with Crippen molar-refractivity contribution < 1.29 is 13.3 Å². The summed E-state index contributed by atoms with van der Waals surface area (Å²) in [5.41, 5.74) is 27.3. The summed E-state index contributed by atoms with van der Waals surface area (Å²) in [6.07, 6.45) is 0. The lowest BCUT2D eigenvalue weighted by Crippen LogP contribution is -2.00. The Morgan fingerprint density at radius 3 is 1.04 bits per heavy atom. The molecule has 21 aromatic carbocycles. The van der Waals surface area contributed by atoms with Gasteiger partial charge in [-0.1, -0.05) is 413 Å². The van der Waals surface area contributed by atoms with E-state index in [1.807, 2.05) is 140 Å². The number of aromatic nitrogens is 8. The van der Waals surface area contributed by atoms with E-state index in [1.54, 1.807) is 0 Å². The van der Waals surface area contributed by atoms with Gasteiger partial charge in [-0.2, -0.15) is 0 Å². The maximum absolute atomic E-state index is 6.60. The minimum absolute atomic E-state index is 0.619. The first-order valence-corrected chi connectivity index (χ1v) is 46.6. The fourth-order valence-corrected chi connectivity index (χ4v) is 19.2. The maximum Gasteiger partial charge on any atom is 0.164 e. The molecule has 27 aromatic rings. The second-order valence-electron chi connectivity index (χ2n) is 34.7. The Hall–Kier alpha value is -18.8. The van der Waals surface area contributed by atoms with E-state index >= 15 is 0 Å². The van der Waals surface area contributed by atoms with Crippen molar-refractivity contribution in [2.75, 3.05) is 0 Å². The van der Waals surface area contributed by atoms with Gasteiger partial charge in [-0.05, 0) is 155 Å². The summed E-state index contributed by atoms with van der Waals surface area (Å²) in [4.78, 5) is 40.1. The second kappa shape index (κ2) is 35.6. The molecule has 0 aliphatic rings. The van der Waals surface area contributed by atoms with E-state index in [-0.39, 0.29) is 0 Å². The number of nitrogens with zero attached hydrogens (tertiary/aromatic N) is 8. The number of hydrogen-bond acceptors (Lipinski definition) is 11. The third-order valence-electron chi connectivity index (χ3n) is 26.2. The van der Waals surface area contributed by atoms with Crippen LogP contribution in [0.4, 0.5) is 0 Å². The van der Waals surface area contributed by atoms with Crippen molar-refractivity contribution >= 4 is 109 Å². The van der Waals surface area contributed by atoms with Crippen LogP contribution in [0.3, 0.4) is 0 Å². The minimum atomic E-state index is 0.619. The molecule has 0 aliphatic carbocycles. The van der Waals surface area contributed by atoms with Gasteiger partial charge < -0.3 is 13.3 Å². The monoisotopic (exact) mass is 1780 g/mol. The molecule has 650 valence electrons. The number of benzene rings is 21. The van der Waals surface area contributed by atoms with E-state index in [1.165, 1.54) is 38.6 Å². The van der Waals surface area contributed by atoms with Gasteiger partial charge in [-0.3, -0.25) is 0 Å². The van der Waals surface area contributed by atoms with Gasteiger partial charge in [-0.25, -0.2) is 39.9 Å². The molecule has 0 saturated heterocycles. The maximum atomic E-state index is 6.60. The molecule has 0 spiro atoms. The molecule has 0 amide bonds. The van der Waals surface area contributed by atoms with Gasteiger partial charge >= 0.3 is 0 Å². The molecule has 11 heteroatoms. The van der Waals surface area contributed by atoms with E-state index in [4.69, 9.17) is 53.1 Å². The molecule has 11 nitrogen and oxygen atoms in total. The van der Waals surface area contributed by atoms with Crippen molar-refractivity contribution in [1.82, 2.24) is 39.9 Å². The van der Waals surface area contributed by atoms with E-state index in [9.17, 15) is 0 Å². The van der Waals surface area contributed by atoms with Gasteiger partial charge in [0.25, 0.3) is 0 Å². The van der Waals surface area contributed by atoms with Gasteiger partial charge in [0.2, 0.25) is 0 Å². The molecular formula is C128H80N8O3. The Morgan fingerprint density at radius 1 is 0.122 bits per heavy atom. The van der Waals surface area contributed by atoms with Crippen LogP contribution >= 0.6 is 0 Å². The Balaban J connectivity index is 0.000000110. The lowest BCUT2D eigenvalue weighted by Gasteiger charge is -2.12. The number of fused-ring (bicyclic) bond motifs is 16. The lowest BCUT2D eigenvalue weighted by atomic mass is 9.94. The molecule has 27 rings (SSSR count). The zero-order valence-corrected chi connectivity index (χ0v) is 75.0. The van der Waals surface area contributed by atoms with Crippen LogP contribution in [-0.2, 0) is 0 Å². The van der Waals surface area contributed by atoms with Gasteiger partial charge in [0.05, 0.1) is 11.4 Å². The first kappa shape index (κ1) is 82.1. The van der Waals surface area contributed by atoms with Crippen LogP contribution in [0.1, 0.15) is 0 Å². The number of furan rings is 3. The smallest absolute Gasteiger partial charge is 0.164 e. The Kier molecular flexibility index (Phi) is 21.0. The van der Waals surface area contributed by atoms with Crippen molar-refractivity contribution in [2.45, 2.75) is 0 Å². The average molecular weight is 1780 g/mol. The first-order chi connectivity index (χ1) is 68.8. The van der Waals surface area contributed by atoms with Gasteiger partial charge in [-0.15, -0.1) is 0 Å². The van der Waals surface area contributed by atoms with Crippen molar-refractivity contribution in [3.8, 4) is 158 Å². The Bertz CT molecular complexity index is 9270. The highest BCUT2D eigenvalue weighted by Gasteiger charge is 2.24. The summed E-state index contributed by atoms with van der Waals surface area (Å²) in [5, 5.41) is 15.4. The van der Waals surface area contributed by atoms with Crippen LogP contribution in [0, 0.1) is 0 Å². The van der Waals surface area contributed by atoms with Crippen molar-refractivity contribution in [3.05, 3.63) is 485 Å². The summed E-state index contributed by atoms with van der Waals surface area (Å²) in [5.74, 6) is 4.46. The predicted molar refractivity (Wildman–Crippen MR) is 570 cm³/mol. The summed E-state index contributed by atoms with van der Waals surface area (Å²) in [7, 11) is 0. The summed E-state index contributed by atoms with van der Waals surface area (Å²) in [6, 6.07) is 168. The third-order valence-corrected chi connectivity index (χ3v) is 26.2. The number of para-hydroxylation sites is 1. The molecule has 0 fully saturated rings. The van der Waals surface area contributed by atoms with E-state index in [0.717, 1.165) is 187 Å². The Labute approximate surface area is 799 Å². The standard InChI is InChI=1S/C44H28N2O.C43H27N3O.C41H25N3O/c1-4-12-29(13-5-1)30-20-22-33(23-21-30)41-28-40(32-16-8-3-9-17-32)45-44(46-41)34-24-25-36-38(26-34)37(31-14-6-2-7-15-31)27-39-35-18-10-11-19-42(35)47-43(36)39;1-4-11-28(12-5-1)30-19-21-32(22-20-30)42-44-41(31-15-8-3-9-16-31)45-43(46-42)38-18-10-17-36-34(38)25-26-37-35-24-23-33(27-39(35)47-40(36)37)29-13-6-2-7-14-29;1-3-11-28(12-4-1)39-42-40(29-13-5-2-6-14-29)44-41(43-39)31-19-18-27-20-22-34-36-24-30(21-23-37(36)45-38(34)35(27)25-31)33-17-9-15-26-10-7-8-16-32(26)33/h1-28H;1-27H;1-25H. The summed E-state index contributed by atoms with van der Waals surface area (Å²) < 4.78 is 19.6. The lowest BCUT2D eigenvalue weighted by molar-refractivity contribution is 0.672. The number of hydrogen-bond donors (Lipinski definition) is 0. The van der Waals surface area contributed by atoms with Crippen LogP contribution in [-0.4, -0.2) is 39.9 Å². The molecule has 6 heterocycles. The highest BCUT2D eigenvalue weighted by molar-refractivity contribution is 6.21. The SMILES string of the molecule is c1ccc(-c2ccc(-c3cc(-c4ccccc4)nc(-c4ccc5c(c4)c(-c4ccccc4)cc4c6ccccc6oc54)n3)cc2)cc1.c1ccc(-c2ccc(-c3nc(-c4ccccc4)nc(-c4cccc5c4ccc4c6ccc(-c7ccccc7)cc6oc54)n3)cc2)cc1.c1ccc(-c2nc(-c3ccccc3)nc(-c3ccc4ccc5c6cc(-c7cccc8ccccc78)ccc6oc5c4c3)n2)cc1. The first-order valence-electron chi connectivity index (χ1n) is 46.6. The van der Waals surface area contributed by atoms with Crippen molar-refractivity contribution in [3.63, 3.8) is 0 Å². The zero-order valence-electron chi connectivity index (χ0n) is 75.0. The predicted octanol–water partition coefficient (Wildman–Crippen LogP) is 33.9. The third kappa shape index (κ3) is 15.9. The van der Waals surface area contributed by atoms with Crippen LogP contribution in [0.15, 0.2) is 499 Å². The zero-order chi connectivity index (χ0) is 92.1. The summed E-state index contributed by atoms with van der Waals surface area (Å²) in [6.45, 7) is 0. The highest BCUT2D eigenvalue weighted by Crippen LogP contribution is 2.46. The van der Waals surface area contributed by atoms with Gasteiger partial charge in [0, 0.05) is 98.5 Å². The second-order valence-corrected chi connectivity index (χ2v) is 34.7. The fraction of sp³-hybridized carbons (Fsp3) is 0. The molecule has 0 aliphatic heterocycles. The molecule has 0 N–H and O–H groups in total. The van der Waals surface area contributed by atoms with Crippen LogP contribution in [0.25, 0.3) is 267 Å². The quantitative estimate of drug-likeness (QED) is 0.103. The van der Waals surface area contributed by atoms with Gasteiger partial charge in [0.1, 0.15) is 33.5 Å². The largest absolute Gasteiger partial charge is 0.455 e. The number of rotatable bonds is 14. The molecule has 0 bridgehead atoms. The van der Waals surface area contributed by atoms with Crippen LogP contribution < -0.4 is 0 Å². The van der Waals surface area contributed by atoms with Crippen molar-refractivity contribution in [2.24, 2.45) is 0 Å². The van der Waals surface area contributed by atoms with E-state index < -0.39 is 0 Å². The molecule has 139 heavy (non-hydrogen) atoms. The molecule has 0 saturated carbocycles. The minimum Gasteiger partial charge on any atom is -0.455 e. The average Bonchev–Trinajstić information content (AvgIpc) is 1.65. The Morgan fingerprint density at radius 2 is 0.439 bits per heavy atom. The van der Waals surface area contributed by atoms with Crippen molar-refractivity contribution in [1.29, 1.82) is 0 Å². The topological polar surface area (TPSA) is 143 Å². The van der Waals surface area contributed by atoms with Crippen LogP contribution in [0.2, 0.25) is 0 Å². The van der Waals surface area contributed by atoms with Gasteiger partial charge in [0.15, 0.2) is 40.8 Å². The van der Waals surface area contributed by atoms with E-state index in [0.29, 0.717) is 40.8 Å². The molecule has 0 atom stereocenters. The molecule has 6 aromatic heterocycles. The fourth-order valence-electron chi connectivity index (χ4n) is 19.2. The van der Waals surface area contributed by atoms with Crippen LogP contribution in [0.5, 0.6) is 0 Å². The highest BCUT2D eigenvalue weighted by atomic mass is 16.3. The molecular weight excluding hydrogens is 1700 g/mol. The normalized spacial score (nSPS) is 11.5. The molecule has 0 radical (unpaired) electrons. The molecule has 0 unspecified atom stereocenters. The summed E-state index contributed by atoms with van der Waals surface area (Å²) >= 11 is 0. The van der Waals surface area contributed by atoms with E-state index in [2.05, 4.69) is 346 Å².